The van der Waals surface area contributed by atoms with E-state index in [1.54, 1.807) is 4.90 Å². The topological polar surface area (TPSA) is 67.4 Å². The van der Waals surface area contributed by atoms with Gasteiger partial charge in [-0.25, -0.2) is 0 Å². The van der Waals surface area contributed by atoms with Gasteiger partial charge in [0.2, 0.25) is 16.0 Å². The number of alkyl halides is 3. The van der Waals surface area contributed by atoms with Gasteiger partial charge < -0.3 is 15.0 Å². The highest BCUT2D eigenvalue weighted by Crippen LogP contribution is 2.32. The smallest absolute Gasteiger partial charge is 0.378 e. The maximum absolute atomic E-state index is 12.3. The van der Waals surface area contributed by atoms with E-state index in [4.69, 9.17) is 4.74 Å². The molecule has 10 heteroatoms. The summed E-state index contributed by atoms with van der Waals surface area (Å²) in [5.74, 6) is -0.0543. The van der Waals surface area contributed by atoms with Crippen LogP contribution in [0.4, 0.5) is 18.3 Å². The lowest BCUT2D eigenvalue weighted by atomic mass is 10.3. The van der Waals surface area contributed by atoms with E-state index in [1.165, 1.54) is 0 Å². The summed E-state index contributed by atoms with van der Waals surface area (Å²) >= 11 is 0.424. The summed E-state index contributed by atoms with van der Waals surface area (Å²) in [6.45, 7) is 2.36. The number of halogens is 3. The maximum atomic E-state index is 12.3. The van der Waals surface area contributed by atoms with Crippen LogP contribution < -0.4 is 5.32 Å². The predicted octanol–water partition coefficient (Wildman–Crippen LogP) is 1.22. The fourth-order valence-electron chi connectivity index (χ4n) is 1.66. The molecule has 0 aliphatic carbocycles. The van der Waals surface area contributed by atoms with Crippen LogP contribution in [0.25, 0.3) is 0 Å². The third-order valence-corrected chi connectivity index (χ3v) is 3.57. The fourth-order valence-corrected chi connectivity index (χ4v) is 2.29. The van der Waals surface area contributed by atoms with Crippen molar-refractivity contribution in [3.05, 3.63) is 5.01 Å². The number of nitrogens with one attached hydrogen (secondary N) is 1. The summed E-state index contributed by atoms with van der Waals surface area (Å²) in [5, 5.41) is 8.16. The van der Waals surface area contributed by atoms with Crippen LogP contribution in [0.2, 0.25) is 0 Å². The Labute approximate surface area is 116 Å². The number of hydrogen-bond donors (Lipinski definition) is 1. The lowest BCUT2D eigenvalue weighted by Gasteiger charge is -2.26. The highest BCUT2D eigenvalue weighted by molar-refractivity contribution is 7.15. The van der Waals surface area contributed by atoms with Gasteiger partial charge in [-0.2, -0.15) is 13.2 Å². The highest BCUT2D eigenvalue weighted by Gasteiger charge is 2.35. The molecule has 1 saturated heterocycles. The minimum atomic E-state index is -4.48. The summed E-state index contributed by atoms with van der Waals surface area (Å²) in [7, 11) is 0. The lowest BCUT2D eigenvalue weighted by Crippen LogP contribution is -2.41. The quantitative estimate of drug-likeness (QED) is 0.905. The van der Waals surface area contributed by atoms with Gasteiger partial charge in [0.25, 0.3) is 0 Å². The van der Waals surface area contributed by atoms with Crippen LogP contribution in [0.1, 0.15) is 11.4 Å². The molecule has 0 saturated carbocycles. The van der Waals surface area contributed by atoms with Gasteiger partial charge in [-0.3, -0.25) is 4.79 Å². The number of morpholine rings is 1. The van der Waals surface area contributed by atoms with Gasteiger partial charge in [-0.1, -0.05) is 11.3 Å². The Kier molecular flexibility index (Phi) is 4.76. The van der Waals surface area contributed by atoms with Crippen molar-refractivity contribution in [2.24, 2.45) is 0 Å². The molecule has 1 aromatic rings. The van der Waals surface area contributed by atoms with Crippen molar-refractivity contribution in [3.63, 3.8) is 0 Å². The molecular formula is C10H13F3N4O2S. The summed E-state index contributed by atoms with van der Waals surface area (Å²) in [6.07, 6.45) is -4.29. The Morgan fingerprint density at radius 1 is 1.35 bits per heavy atom. The molecule has 1 amide bonds. The van der Waals surface area contributed by atoms with Crippen LogP contribution in [-0.2, 0) is 15.7 Å². The first-order valence-electron chi connectivity index (χ1n) is 5.97. The van der Waals surface area contributed by atoms with E-state index in [0.29, 0.717) is 37.6 Å². The number of ether oxygens (including phenoxy) is 1. The molecule has 1 N–H and O–H groups in total. The molecule has 112 valence electrons. The Balaban J connectivity index is 1.75. The first-order valence-corrected chi connectivity index (χ1v) is 6.78. The van der Waals surface area contributed by atoms with Gasteiger partial charge in [0.05, 0.1) is 13.2 Å². The van der Waals surface area contributed by atoms with Crippen molar-refractivity contribution < 1.29 is 22.7 Å². The number of amides is 1. The van der Waals surface area contributed by atoms with Crippen molar-refractivity contribution in [1.29, 1.82) is 0 Å². The number of nitrogens with zero attached hydrogens (tertiary/aromatic N) is 3. The van der Waals surface area contributed by atoms with Gasteiger partial charge in [-0.05, 0) is 0 Å². The van der Waals surface area contributed by atoms with Crippen LogP contribution in [0.5, 0.6) is 0 Å². The van der Waals surface area contributed by atoms with E-state index in [1.807, 2.05) is 0 Å². The molecule has 1 aliphatic rings. The van der Waals surface area contributed by atoms with E-state index in [9.17, 15) is 18.0 Å². The van der Waals surface area contributed by atoms with Crippen LogP contribution in [-0.4, -0.2) is 53.9 Å². The largest absolute Gasteiger partial charge is 0.445 e. The van der Waals surface area contributed by atoms with Gasteiger partial charge in [-0.15, -0.1) is 10.2 Å². The Hall–Kier alpha value is -1.42. The first-order chi connectivity index (χ1) is 9.47. The third-order valence-electron chi connectivity index (χ3n) is 2.65. The minimum Gasteiger partial charge on any atom is -0.378 e. The van der Waals surface area contributed by atoms with Crippen molar-refractivity contribution in [2.75, 3.05) is 38.2 Å². The Bertz CT molecular complexity index is 460. The number of hydrogen-bond acceptors (Lipinski definition) is 6. The SMILES string of the molecule is O=C(CCNc1nnc(C(F)(F)F)s1)N1CCOCC1. The van der Waals surface area contributed by atoms with Crippen LogP contribution in [0.15, 0.2) is 0 Å². The van der Waals surface area contributed by atoms with E-state index in [0.717, 1.165) is 0 Å². The molecule has 2 heterocycles. The summed E-state index contributed by atoms with van der Waals surface area (Å²) in [5.41, 5.74) is 0. The molecule has 0 atom stereocenters. The number of rotatable bonds is 4. The maximum Gasteiger partial charge on any atom is 0.445 e. The second kappa shape index (κ2) is 6.35. The van der Waals surface area contributed by atoms with Crippen LogP contribution in [0.3, 0.4) is 0 Å². The molecule has 0 spiro atoms. The molecule has 1 fully saturated rings. The highest BCUT2D eigenvalue weighted by atomic mass is 32.1. The molecule has 2 rings (SSSR count). The van der Waals surface area contributed by atoms with E-state index < -0.39 is 11.2 Å². The molecule has 0 radical (unpaired) electrons. The van der Waals surface area contributed by atoms with Crippen LogP contribution in [0, 0.1) is 0 Å². The predicted molar refractivity (Wildman–Crippen MR) is 65.4 cm³/mol. The zero-order valence-corrected chi connectivity index (χ0v) is 11.3. The number of carbonyl (C=O) groups excluding carboxylic acids is 1. The monoisotopic (exact) mass is 310 g/mol. The molecule has 0 bridgehead atoms. The van der Waals surface area contributed by atoms with Crippen molar-refractivity contribution in [3.8, 4) is 0 Å². The molecular weight excluding hydrogens is 297 g/mol. The Morgan fingerprint density at radius 2 is 2.05 bits per heavy atom. The van der Waals surface area contributed by atoms with Crippen molar-refractivity contribution in [1.82, 2.24) is 15.1 Å². The van der Waals surface area contributed by atoms with Crippen molar-refractivity contribution in [2.45, 2.75) is 12.6 Å². The van der Waals surface area contributed by atoms with Gasteiger partial charge >= 0.3 is 6.18 Å². The van der Waals surface area contributed by atoms with Gasteiger partial charge in [0, 0.05) is 26.1 Å². The van der Waals surface area contributed by atoms with E-state index in [2.05, 4.69) is 15.5 Å². The number of carbonyl (C=O) groups is 1. The molecule has 0 unspecified atom stereocenters. The average molecular weight is 310 g/mol. The molecule has 0 aromatic carbocycles. The number of aromatic nitrogens is 2. The molecule has 6 nitrogen and oxygen atoms in total. The molecule has 20 heavy (non-hydrogen) atoms. The van der Waals surface area contributed by atoms with Gasteiger partial charge in [0.15, 0.2) is 0 Å². The summed E-state index contributed by atoms with van der Waals surface area (Å²) < 4.78 is 42.0. The van der Waals surface area contributed by atoms with Crippen LogP contribution >= 0.6 is 11.3 Å². The normalized spacial score (nSPS) is 16.2. The minimum absolute atomic E-state index is 0.0543. The zero-order chi connectivity index (χ0) is 14.6. The Morgan fingerprint density at radius 3 is 2.65 bits per heavy atom. The van der Waals surface area contributed by atoms with E-state index >= 15 is 0 Å². The number of anilines is 1. The zero-order valence-electron chi connectivity index (χ0n) is 10.4. The summed E-state index contributed by atoms with van der Waals surface area (Å²) in [4.78, 5) is 13.4. The van der Waals surface area contributed by atoms with E-state index in [-0.39, 0.29) is 24.0 Å². The average Bonchev–Trinajstić information content (AvgIpc) is 2.88. The second-order valence-electron chi connectivity index (χ2n) is 4.08. The molecule has 1 aromatic heterocycles. The molecule has 1 aliphatic heterocycles. The van der Waals surface area contributed by atoms with Crippen molar-refractivity contribution >= 4 is 22.4 Å². The third kappa shape index (κ3) is 4.04. The first kappa shape index (κ1) is 15.0. The fraction of sp³-hybridized carbons (Fsp3) is 0.700. The summed E-state index contributed by atoms with van der Waals surface area (Å²) in [6, 6.07) is 0. The lowest BCUT2D eigenvalue weighted by molar-refractivity contribution is -0.138. The standard InChI is InChI=1S/C10H13F3N4O2S/c11-10(12,13)8-15-16-9(20-8)14-2-1-7(18)17-3-5-19-6-4-17/h1-6H2,(H,14,16). The van der Waals surface area contributed by atoms with Gasteiger partial charge in [0.1, 0.15) is 0 Å². The second-order valence-corrected chi connectivity index (χ2v) is 5.06.